The highest BCUT2D eigenvalue weighted by molar-refractivity contribution is 6.42. The third kappa shape index (κ3) is 3.91. The van der Waals surface area contributed by atoms with Gasteiger partial charge in [-0.1, -0.05) is 30.1 Å². The second-order valence-electron chi connectivity index (χ2n) is 3.54. The van der Waals surface area contributed by atoms with Gasteiger partial charge in [-0.05, 0) is 31.5 Å². The predicted molar refractivity (Wildman–Crippen MR) is 68.4 cm³/mol. The number of amides is 2. The largest absolute Gasteiger partial charge is 0.335 e. The molecule has 2 N–H and O–H groups in total. The van der Waals surface area contributed by atoms with Crippen LogP contribution in [0.4, 0.5) is 10.5 Å². The van der Waals surface area contributed by atoms with Gasteiger partial charge < -0.3 is 10.6 Å². The van der Waals surface area contributed by atoms with E-state index in [1.807, 2.05) is 13.8 Å². The second kappa shape index (κ2) is 5.97. The number of benzene rings is 1. The smallest absolute Gasteiger partial charge is 0.319 e. The fraction of sp³-hybridized carbons (Fsp3) is 0.364. The first-order valence-corrected chi connectivity index (χ1v) is 5.81. The highest BCUT2D eigenvalue weighted by Crippen LogP contribution is 2.24. The Morgan fingerprint density at radius 3 is 2.62 bits per heavy atom. The molecule has 0 aliphatic rings. The number of nitrogens with one attached hydrogen (secondary N) is 2. The van der Waals surface area contributed by atoms with Crippen LogP contribution in [0.3, 0.4) is 0 Å². The third-order valence-corrected chi connectivity index (χ3v) is 2.91. The van der Waals surface area contributed by atoms with Crippen molar-refractivity contribution in [1.29, 1.82) is 0 Å². The minimum atomic E-state index is -0.243. The Morgan fingerprint density at radius 2 is 2.06 bits per heavy atom. The topological polar surface area (TPSA) is 41.1 Å². The van der Waals surface area contributed by atoms with Crippen LogP contribution in [0, 0.1) is 0 Å². The molecule has 5 heteroatoms. The lowest BCUT2D eigenvalue weighted by Gasteiger charge is -2.12. The molecule has 0 spiro atoms. The molecule has 0 heterocycles. The summed E-state index contributed by atoms with van der Waals surface area (Å²) >= 11 is 11.6. The Bertz CT molecular complexity index is 382. The van der Waals surface area contributed by atoms with E-state index in [9.17, 15) is 4.79 Å². The molecule has 1 aromatic rings. The normalized spacial score (nSPS) is 12.0. The van der Waals surface area contributed by atoms with Gasteiger partial charge in [-0.3, -0.25) is 0 Å². The van der Waals surface area contributed by atoms with E-state index in [0.717, 1.165) is 6.42 Å². The molecule has 88 valence electrons. The van der Waals surface area contributed by atoms with Crippen molar-refractivity contribution in [3.05, 3.63) is 28.2 Å². The Labute approximate surface area is 105 Å². The molecule has 1 aromatic carbocycles. The van der Waals surface area contributed by atoms with E-state index in [4.69, 9.17) is 23.2 Å². The molecular weight excluding hydrogens is 247 g/mol. The summed E-state index contributed by atoms with van der Waals surface area (Å²) in [5.74, 6) is 0. The van der Waals surface area contributed by atoms with Gasteiger partial charge in [0.2, 0.25) is 0 Å². The van der Waals surface area contributed by atoms with Crippen LogP contribution in [-0.2, 0) is 0 Å². The maximum atomic E-state index is 11.5. The van der Waals surface area contributed by atoms with Crippen molar-refractivity contribution in [2.45, 2.75) is 26.3 Å². The van der Waals surface area contributed by atoms with Crippen molar-refractivity contribution in [3.63, 3.8) is 0 Å². The SMILES string of the molecule is CC[C@@H](C)NC(=O)Nc1ccc(Cl)c(Cl)c1. The van der Waals surface area contributed by atoms with Gasteiger partial charge in [0.1, 0.15) is 0 Å². The van der Waals surface area contributed by atoms with E-state index in [-0.39, 0.29) is 12.1 Å². The summed E-state index contributed by atoms with van der Waals surface area (Å²) in [6, 6.07) is 4.85. The number of halogens is 2. The zero-order valence-corrected chi connectivity index (χ0v) is 10.7. The zero-order valence-electron chi connectivity index (χ0n) is 9.18. The number of carbonyl (C=O) groups excluding carboxylic acids is 1. The van der Waals surface area contributed by atoms with Gasteiger partial charge in [0.25, 0.3) is 0 Å². The standard InChI is InChI=1S/C11H14Cl2N2O/c1-3-7(2)14-11(16)15-8-4-5-9(12)10(13)6-8/h4-7H,3H2,1-2H3,(H2,14,15,16)/t7-/m1/s1. The maximum absolute atomic E-state index is 11.5. The number of rotatable bonds is 3. The van der Waals surface area contributed by atoms with Gasteiger partial charge in [0, 0.05) is 11.7 Å². The highest BCUT2D eigenvalue weighted by Gasteiger charge is 2.06. The average molecular weight is 261 g/mol. The molecule has 0 aliphatic heterocycles. The summed E-state index contributed by atoms with van der Waals surface area (Å²) in [6.07, 6.45) is 0.884. The first-order valence-electron chi connectivity index (χ1n) is 5.05. The summed E-state index contributed by atoms with van der Waals surface area (Å²) in [5.41, 5.74) is 0.621. The molecular formula is C11H14Cl2N2O. The van der Waals surface area contributed by atoms with E-state index in [1.165, 1.54) is 0 Å². The van der Waals surface area contributed by atoms with Gasteiger partial charge in [-0.2, -0.15) is 0 Å². The van der Waals surface area contributed by atoms with E-state index < -0.39 is 0 Å². The Morgan fingerprint density at radius 1 is 1.38 bits per heavy atom. The Balaban J connectivity index is 2.59. The second-order valence-corrected chi connectivity index (χ2v) is 4.35. The number of anilines is 1. The summed E-state index contributed by atoms with van der Waals surface area (Å²) in [4.78, 5) is 11.5. The van der Waals surface area contributed by atoms with E-state index in [2.05, 4.69) is 10.6 Å². The molecule has 1 rings (SSSR count). The van der Waals surface area contributed by atoms with Crippen LogP contribution in [0.5, 0.6) is 0 Å². The van der Waals surface area contributed by atoms with Gasteiger partial charge >= 0.3 is 6.03 Å². The van der Waals surface area contributed by atoms with E-state index in [0.29, 0.717) is 15.7 Å². The molecule has 0 radical (unpaired) electrons. The lowest BCUT2D eigenvalue weighted by Crippen LogP contribution is -2.35. The number of hydrogen-bond acceptors (Lipinski definition) is 1. The molecule has 0 aromatic heterocycles. The summed E-state index contributed by atoms with van der Waals surface area (Å²) in [6.45, 7) is 3.94. The molecule has 0 fully saturated rings. The molecule has 16 heavy (non-hydrogen) atoms. The van der Waals surface area contributed by atoms with Gasteiger partial charge in [0.15, 0.2) is 0 Å². The number of carbonyl (C=O) groups is 1. The van der Waals surface area contributed by atoms with E-state index >= 15 is 0 Å². The monoisotopic (exact) mass is 260 g/mol. The van der Waals surface area contributed by atoms with Crippen LogP contribution >= 0.6 is 23.2 Å². The first kappa shape index (κ1) is 13.1. The van der Waals surface area contributed by atoms with Crippen molar-refractivity contribution >= 4 is 34.9 Å². The first-order chi connectivity index (χ1) is 7.52. The van der Waals surface area contributed by atoms with Gasteiger partial charge in [0.05, 0.1) is 10.0 Å². The van der Waals surface area contributed by atoms with Crippen molar-refractivity contribution in [3.8, 4) is 0 Å². The average Bonchev–Trinajstić information content (AvgIpc) is 2.23. The molecule has 3 nitrogen and oxygen atoms in total. The molecule has 0 saturated heterocycles. The number of urea groups is 1. The van der Waals surface area contributed by atoms with Gasteiger partial charge in [-0.25, -0.2) is 4.79 Å². The van der Waals surface area contributed by atoms with Crippen LogP contribution in [0.25, 0.3) is 0 Å². The Hall–Kier alpha value is -0.930. The third-order valence-electron chi connectivity index (χ3n) is 2.17. The fourth-order valence-corrected chi connectivity index (χ4v) is 1.37. The van der Waals surface area contributed by atoms with Gasteiger partial charge in [-0.15, -0.1) is 0 Å². The zero-order chi connectivity index (χ0) is 12.1. The van der Waals surface area contributed by atoms with Crippen LogP contribution in [0.2, 0.25) is 10.0 Å². The summed E-state index contributed by atoms with van der Waals surface area (Å²) in [7, 11) is 0. The quantitative estimate of drug-likeness (QED) is 0.850. The fourth-order valence-electron chi connectivity index (χ4n) is 1.07. The van der Waals surface area contributed by atoms with Crippen LogP contribution in [0.15, 0.2) is 18.2 Å². The summed E-state index contributed by atoms with van der Waals surface area (Å²) < 4.78 is 0. The van der Waals surface area contributed by atoms with Crippen molar-refractivity contribution in [2.75, 3.05) is 5.32 Å². The molecule has 0 aliphatic carbocycles. The minimum absolute atomic E-state index is 0.141. The predicted octanol–water partition coefficient (Wildman–Crippen LogP) is 3.91. The van der Waals surface area contributed by atoms with Crippen molar-refractivity contribution < 1.29 is 4.79 Å². The van der Waals surface area contributed by atoms with Crippen LogP contribution in [0.1, 0.15) is 20.3 Å². The highest BCUT2D eigenvalue weighted by atomic mass is 35.5. The Kier molecular flexibility index (Phi) is 4.90. The van der Waals surface area contributed by atoms with Crippen LogP contribution < -0.4 is 10.6 Å². The van der Waals surface area contributed by atoms with Crippen molar-refractivity contribution in [2.24, 2.45) is 0 Å². The maximum Gasteiger partial charge on any atom is 0.319 e. The molecule has 0 unspecified atom stereocenters. The van der Waals surface area contributed by atoms with Crippen LogP contribution in [-0.4, -0.2) is 12.1 Å². The van der Waals surface area contributed by atoms with E-state index in [1.54, 1.807) is 18.2 Å². The lowest BCUT2D eigenvalue weighted by molar-refractivity contribution is 0.249. The lowest BCUT2D eigenvalue weighted by atomic mass is 10.3. The molecule has 1 atom stereocenters. The molecule has 0 saturated carbocycles. The minimum Gasteiger partial charge on any atom is -0.335 e. The molecule has 2 amide bonds. The van der Waals surface area contributed by atoms with Crippen molar-refractivity contribution in [1.82, 2.24) is 5.32 Å². The molecule has 0 bridgehead atoms. The summed E-state index contributed by atoms with van der Waals surface area (Å²) in [5, 5.41) is 6.35. The number of hydrogen-bond donors (Lipinski definition) is 2.